The monoisotopic (exact) mass is 391 g/mol. The maximum Gasteiger partial charge on any atom is 0.109 e. The molecule has 28 heavy (non-hydrogen) atoms. The molecule has 2 saturated heterocycles. The molecule has 146 valence electrons. The van der Waals surface area contributed by atoms with Crippen LogP contribution in [0.1, 0.15) is 30.4 Å². The summed E-state index contributed by atoms with van der Waals surface area (Å²) in [5.74, 6) is 0. The normalized spacial score (nSPS) is 24.9. The molecule has 5 rings (SSSR count). The van der Waals surface area contributed by atoms with Gasteiger partial charge in [0.15, 0.2) is 0 Å². The quantitative estimate of drug-likeness (QED) is 0.768. The van der Waals surface area contributed by atoms with E-state index in [9.17, 15) is 0 Å². The van der Waals surface area contributed by atoms with Crippen LogP contribution in [0.4, 0.5) is 0 Å². The molecule has 0 bridgehead atoms. The van der Waals surface area contributed by atoms with Crippen LogP contribution < -0.4 is 0 Å². The van der Waals surface area contributed by atoms with Crippen LogP contribution in [-0.2, 0) is 13.1 Å². The molecule has 1 unspecified atom stereocenters. The number of likely N-dealkylation sites (tertiary alicyclic amines) is 2. The highest BCUT2D eigenvalue weighted by Gasteiger charge is 2.45. The highest BCUT2D eigenvalue weighted by molar-refractivity contribution is 8.02. The van der Waals surface area contributed by atoms with Crippen molar-refractivity contribution in [2.45, 2.75) is 42.5 Å². The van der Waals surface area contributed by atoms with Crippen LogP contribution in [0, 0.1) is 0 Å². The fourth-order valence-electron chi connectivity index (χ4n) is 4.77. The van der Waals surface area contributed by atoms with Crippen molar-refractivity contribution in [1.29, 1.82) is 0 Å². The van der Waals surface area contributed by atoms with Crippen molar-refractivity contribution in [3.63, 3.8) is 0 Å². The van der Waals surface area contributed by atoms with Crippen LogP contribution in [0.5, 0.6) is 0 Å². The Morgan fingerprint density at radius 2 is 1.43 bits per heavy atom. The van der Waals surface area contributed by atoms with Crippen molar-refractivity contribution in [2.75, 3.05) is 26.2 Å². The molecule has 1 spiro atoms. The summed E-state index contributed by atoms with van der Waals surface area (Å²) in [6, 6.07) is 21.8. The third kappa shape index (κ3) is 4.05. The Hall–Kier alpha value is -1.62. The van der Waals surface area contributed by atoms with E-state index in [1.165, 1.54) is 42.8 Å². The molecule has 2 aromatic rings. The highest BCUT2D eigenvalue weighted by Crippen LogP contribution is 2.47. The molecule has 0 N–H and O–H groups in total. The summed E-state index contributed by atoms with van der Waals surface area (Å²) in [5, 5.41) is 0.609. The van der Waals surface area contributed by atoms with Crippen molar-refractivity contribution in [1.82, 2.24) is 9.80 Å². The number of hydrogen-bond donors (Lipinski definition) is 0. The summed E-state index contributed by atoms with van der Waals surface area (Å²) < 4.78 is 0. The molecule has 3 nitrogen and oxygen atoms in total. The maximum absolute atomic E-state index is 5.31. The minimum absolute atomic E-state index is 0.163. The molecule has 0 amide bonds. The second kappa shape index (κ2) is 8.02. The topological polar surface area (TPSA) is 18.8 Å². The molecular weight excluding hydrogens is 362 g/mol. The van der Waals surface area contributed by atoms with Crippen molar-refractivity contribution < 1.29 is 0 Å². The summed E-state index contributed by atoms with van der Waals surface area (Å²) >= 11 is 2.17. The first-order chi connectivity index (χ1) is 13.8. The van der Waals surface area contributed by atoms with Crippen molar-refractivity contribution >= 4 is 17.5 Å². The molecule has 0 saturated carbocycles. The molecule has 0 aliphatic carbocycles. The number of aliphatic imine (C=N–C) groups is 1. The summed E-state index contributed by atoms with van der Waals surface area (Å²) in [6.45, 7) is 6.79. The minimum Gasteiger partial charge on any atom is -0.299 e. The molecule has 2 fully saturated rings. The van der Waals surface area contributed by atoms with Gasteiger partial charge in [0, 0.05) is 45.0 Å². The molecule has 2 aromatic carbocycles. The van der Waals surface area contributed by atoms with E-state index in [1.54, 1.807) is 0 Å². The van der Waals surface area contributed by atoms with Gasteiger partial charge in [-0.15, -0.1) is 11.8 Å². The van der Waals surface area contributed by atoms with Gasteiger partial charge in [0.25, 0.3) is 0 Å². The molecule has 0 radical (unpaired) electrons. The number of fused-ring (bicyclic) bond motifs is 1. The average Bonchev–Trinajstić information content (AvgIpc) is 3.09. The van der Waals surface area contributed by atoms with Crippen LogP contribution in [0.2, 0.25) is 0 Å². The predicted octanol–water partition coefficient (Wildman–Crippen LogP) is 4.44. The standard InChI is InChI=1S/C24H29N3S/c1-3-7-20(8-4-1)17-26-15-12-24(13-16-26)25-22-11-14-27(19-23(22)28-24)18-21-9-5-2-6-10-21/h1-10,23H,11-19H2. The number of hydrogen-bond acceptors (Lipinski definition) is 4. The van der Waals surface area contributed by atoms with Crippen LogP contribution in [-0.4, -0.2) is 51.8 Å². The summed E-state index contributed by atoms with van der Waals surface area (Å²) in [4.78, 5) is 10.7. The number of thioether (sulfide) groups is 1. The first-order valence-electron chi connectivity index (χ1n) is 10.6. The zero-order valence-corrected chi connectivity index (χ0v) is 17.3. The lowest BCUT2D eigenvalue weighted by atomic mass is 10.0. The Balaban J connectivity index is 1.17. The third-order valence-electron chi connectivity index (χ3n) is 6.32. The van der Waals surface area contributed by atoms with Gasteiger partial charge in [0.2, 0.25) is 0 Å². The maximum atomic E-state index is 5.31. The zero-order chi connectivity index (χ0) is 18.8. The van der Waals surface area contributed by atoms with E-state index >= 15 is 0 Å². The fourth-order valence-corrected chi connectivity index (χ4v) is 6.48. The lowest BCUT2D eigenvalue weighted by Gasteiger charge is -2.37. The van der Waals surface area contributed by atoms with Crippen molar-refractivity contribution in [3.05, 3.63) is 71.8 Å². The number of piperidine rings is 2. The number of nitrogens with zero attached hydrogens (tertiary/aromatic N) is 3. The minimum atomic E-state index is 0.163. The summed E-state index contributed by atoms with van der Waals surface area (Å²) in [5.41, 5.74) is 4.34. The van der Waals surface area contributed by atoms with Gasteiger partial charge in [0.05, 0.1) is 5.25 Å². The van der Waals surface area contributed by atoms with Gasteiger partial charge in [-0.25, -0.2) is 0 Å². The van der Waals surface area contributed by atoms with Gasteiger partial charge in [-0.1, -0.05) is 60.7 Å². The van der Waals surface area contributed by atoms with Gasteiger partial charge >= 0.3 is 0 Å². The molecule has 3 heterocycles. The molecule has 1 atom stereocenters. The Kier molecular flexibility index (Phi) is 5.27. The van der Waals surface area contributed by atoms with Crippen LogP contribution in [0.3, 0.4) is 0 Å². The smallest absolute Gasteiger partial charge is 0.109 e. The van der Waals surface area contributed by atoms with E-state index in [0.717, 1.165) is 32.6 Å². The lowest BCUT2D eigenvalue weighted by molar-refractivity contribution is 0.196. The molecule has 3 aliphatic rings. The fraction of sp³-hybridized carbons (Fsp3) is 0.458. The van der Waals surface area contributed by atoms with Gasteiger partial charge < -0.3 is 0 Å². The van der Waals surface area contributed by atoms with E-state index in [-0.39, 0.29) is 4.87 Å². The molecule has 0 aromatic heterocycles. The van der Waals surface area contributed by atoms with Gasteiger partial charge in [-0.3, -0.25) is 14.8 Å². The average molecular weight is 392 g/mol. The van der Waals surface area contributed by atoms with Crippen LogP contribution in [0.25, 0.3) is 0 Å². The Bertz CT molecular complexity index is 812. The Morgan fingerprint density at radius 3 is 2.07 bits per heavy atom. The largest absolute Gasteiger partial charge is 0.299 e. The van der Waals surface area contributed by atoms with Crippen molar-refractivity contribution in [2.24, 2.45) is 4.99 Å². The second-order valence-electron chi connectivity index (χ2n) is 8.39. The predicted molar refractivity (Wildman–Crippen MR) is 119 cm³/mol. The summed E-state index contributed by atoms with van der Waals surface area (Å²) in [7, 11) is 0. The first-order valence-corrected chi connectivity index (χ1v) is 11.5. The molecular formula is C24H29N3S. The molecule has 3 aliphatic heterocycles. The van der Waals surface area contributed by atoms with E-state index in [1.807, 2.05) is 0 Å². The molecule has 4 heteroatoms. The van der Waals surface area contributed by atoms with Gasteiger partial charge in [-0.2, -0.15) is 0 Å². The summed E-state index contributed by atoms with van der Waals surface area (Å²) in [6.07, 6.45) is 3.55. The van der Waals surface area contributed by atoms with Crippen LogP contribution in [0.15, 0.2) is 65.7 Å². The first kappa shape index (κ1) is 18.4. The van der Waals surface area contributed by atoms with Gasteiger partial charge in [0.1, 0.15) is 4.87 Å². The SMILES string of the molecule is c1ccc(CN2CCC3(CC2)N=C2CCN(Cc4ccccc4)CC2S3)cc1. The third-order valence-corrected chi connectivity index (χ3v) is 7.97. The Morgan fingerprint density at radius 1 is 0.821 bits per heavy atom. The van der Waals surface area contributed by atoms with E-state index in [2.05, 4.69) is 82.2 Å². The highest BCUT2D eigenvalue weighted by atomic mass is 32.2. The van der Waals surface area contributed by atoms with E-state index in [4.69, 9.17) is 4.99 Å². The van der Waals surface area contributed by atoms with E-state index in [0.29, 0.717) is 5.25 Å². The van der Waals surface area contributed by atoms with Gasteiger partial charge in [-0.05, 0) is 30.4 Å². The number of benzene rings is 2. The van der Waals surface area contributed by atoms with Crippen molar-refractivity contribution in [3.8, 4) is 0 Å². The Labute approximate surface area is 172 Å². The van der Waals surface area contributed by atoms with Crippen LogP contribution >= 0.6 is 11.8 Å². The zero-order valence-electron chi connectivity index (χ0n) is 16.5. The second-order valence-corrected chi connectivity index (χ2v) is 9.95. The van der Waals surface area contributed by atoms with E-state index < -0.39 is 0 Å². The lowest BCUT2D eigenvalue weighted by Crippen LogP contribution is -2.42. The number of rotatable bonds is 4.